The van der Waals surface area contributed by atoms with Crippen LogP contribution in [-0.4, -0.2) is 20.9 Å². The van der Waals surface area contributed by atoms with Gasteiger partial charge in [-0.3, -0.25) is 0 Å². The van der Waals surface area contributed by atoms with Crippen molar-refractivity contribution in [3.63, 3.8) is 0 Å². The number of hydrogen-bond acceptors (Lipinski definition) is 3. The molecular weight excluding hydrogens is 336 g/mol. The molecule has 1 unspecified atom stereocenters. The van der Waals surface area contributed by atoms with Crippen LogP contribution in [0, 0.1) is 0 Å². The fourth-order valence-electron chi connectivity index (χ4n) is 3.33. The summed E-state index contributed by atoms with van der Waals surface area (Å²) >= 11 is 0. The van der Waals surface area contributed by atoms with E-state index in [0.29, 0.717) is 19.3 Å². The van der Waals surface area contributed by atoms with Gasteiger partial charge in [-0.15, -0.1) is 0 Å². The van der Waals surface area contributed by atoms with Gasteiger partial charge in [-0.25, -0.2) is 0 Å². The fraction of sp³-hybridized carbons (Fsp3) is 0.417. The van der Waals surface area contributed by atoms with Gasteiger partial charge in [-0.2, -0.15) is 0 Å². The van der Waals surface area contributed by atoms with Gasteiger partial charge >= 0.3 is 0 Å². The Hall–Kier alpha value is -2.26. The van der Waals surface area contributed by atoms with Crippen LogP contribution in [0.4, 0.5) is 0 Å². The second-order valence-electron chi connectivity index (χ2n) is 7.91. The highest BCUT2D eigenvalue weighted by Gasteiger charge is 2.21. The zero-order valence-electron chi connectivity index (χ0n) is 16.7. The van der Waals surface area contributed by atoms with E-state index < -0.39 is 5.60 Å². The van der Waals surface area contributed by atoms with Crippen LogP contribution in [0.25, 0.3) is 0 Å². The van der Waals surface area contributed by atoms with Crippen molar-refractivity contribution in [1.29, 1.82) is 0 Å². The first-order chi connectivity index (χ1) is 12.8. The van der Waals surface area contributed by atoms with Crippen molar-refractivity contribution in [2.24, 2.45) is 0 Å². The smallest absolute Gasteiger partial charge is 0.122 e. The summed E-state index contributed by atoms with van der Waals surface area (Å²) in [7, 11) is 0. The highest BCUT2D eigenvalue weighted by Crippen LogP contribution is 2.31. The molecule has 0 aliphatic carbocycles. The van der Waals surface area contributed by atoms with Gasteiger partial charge in [0.25, 0.3) is 0 Å². The van der Waals surface area contributed by atoms with Gasteiger partial charge in [0.15, 0.2) is 0 Å². The van der Waals surface area contributed by atoms with Crippen molar-refractivity contribution in [3.05, 3.63) is 70.8 Å². The lowest BCUT2D eigenvalue weighted by atomic mass is 9.89. The number of hydrogen-bond donors (Lipinski definition) is 3. The molecule has 3 nitrogen and oxygen atoms in total. The van der Waals surface area contributed by atoms with E-state index in [1.54, 1.807) is 6.07 Å². The molecule has 2 aromatic rings. The Morgan fingerprint density at radius 2 is 1.67 bits per heavy atom. The molecule has 2 aromatic carbocycles. The summed E-state index contributed by atoms with van der Waals surface area (Å²) in [6, 6.07) is 13.3. The van der Waals surface area contributed by atoms with Crippen LogP contribution in [0.15, 0.2) is 54.1 Å². The van der Waals surface area contributed by atoms with Gasteiger partial charge in [-0.1, -0.05) is 42.0 Å². The topological polar surface area (TPSA) is 60.7 Å². The number of aromatic hydroxyl groups is 2. The first-order valence-corrected chi connectivity index (χ1v) is 9.70. The minimum Gasteiger partial charge on any atom is -0.508 e. The summed E-state index contributed by atoms with van der Waals surface area (Å²) in [6.07, 6.45) is 6.40. The number of allylic oxidation sites excluding steroid dienone is 2. The number of aryl methyl sites for hydroxylation is 2. The van der Waals surface area contributed by atoms with Crippen LogP contribution >= 0.6 is 0 Å². The lowest BCUT2D eigenvalue weighted by molar-refractivity contribution is 0.0431. The number of benzene rings is 2. The van der Waals surface area contributed by atoms with Crippen LogP contribution < -0.4 is 0 Å². The van der Waals surface area contributed by atoms with Gasteiger partial charge in [0.2, 0.25) is 0 Å². The zero-order valence-corrected chi connectivity index (χ0v) is 16.7. The van der Waals surface area contributed by atoms with E-state index in [-0.39, 0.29) is 11.5 Å². The van der Waals surface area contributed by atoms with E-state index in [0.717, 1.165) is 30.4 Å². The van der Waals surface area contributed by atoms with Crippen molar-refractivity contribution < 1.29 is 15.3 Å². The zero-order chi connectivity index (χ0) is 19.9. The molecule has 0 saturated carbocycles. The van der Waals surface area contributed by atoms with Crippen LogP contribution in [0.5, 0.6) is 11.5 Å². The third-order valence-electron chi connectivity index (χ3n) is 4.98. The second kappa shape index (κ2) is 9.61. The summed E-state index contributed by atoms with van der Waals surface area (Å²) in [4.78, 5) is 0. The SMILES string of the molecule is CC(C)=CCCC(C)(O)CCc1c(O)cc(O)cc1CCc1ccccc1. The van der Waals surface area contributed by atoms with Crippen molar-refractivity contribution in [2.45, 2.75) is 64.9 Å². The predicted molar refractivity (Wildman–Crippen MR) is 111 cm³/mol. The van der Waals surface area contributed by atoms with E-state index in [1.807, 2.05) is 25.1 Å². The average molecular weight is 369 g/mol. The first-order valence-electron chi connectivity index (χ1n) is 9.70. The highest BCUT2D eigenvalue weighted by atomic mass is 16.3. The number of phenolic OH excluding ortho intramolecular Hbond substituents is 2. The van der Waals surface area contributed by atoms with Gasteiger partial charge in [-0.05, 0) is 82.1 Å². The quantitative estimate of drug-likeness (QED) is 0.525. The second-order valence-corrected chi connectivity index (χ2v) is 7.91. The molecule has 146 valence electrons. The van der Waals surface area contributed by atoms with Gasteiger partial charge in [0, 0.05) is 6.07 Å². The molecule has 0 aliphatic rings. The molecule has 3 N–H and O–H groups in total. The maximum absolute atomic E-state index is 10.7. The summed E-state index contributed by atoms with van der Waals surface area (Å²) in [5.41, 5.74) is 3.46. The maximum Gasteiger partial charge on any atom is 0.122 e. The van der Waals surface area contributed by atoms with Crippen LogP contribution in [0.1, 0.15) is 56.7 Å². The van der Waals surface area contributed by atoms with E-state index >= 15 is 0 Å². The average Bonchev–Trinajstić information content (AvgIpc) is 2.59. The van der Waals surface area contributed by atoms with E-state index in [2.05, 4.69) is 32.1 Å². The third-order valence-corrected chi connectivity index (χ3v) is 4.98. The minimum absolute atomic E-state index is 0.0784. The van der Waals surface area contributed by atoms with Gasteiger partial charge in [0.1, 0.15) is 11.5 Å². The summed E-state index contributed by atoms with van der Waals surface area (Å²) in [6.45, 7) is 5.97. The van der Waals surface area contributed by atoms with Crippen molar-refractivity contribution in [3.8, 4) is 11.5 Å². The minimum atomic E-state index is -0.785. The Labute approximate surface area is 163 Å². The van der Waals surface area contributed by atoms with E-state index in [1.165, 1.54) is 17.2 Å². The van der Waals surface area contributed by atoms with Gasteiger partial charge in [0.05, 0.1) is 5.60 Å². The Morgan fingerprint density at radius 3 is 2.33 bits per heavy atom. The molecule has 3 heteroatoms. The number of rotatable bonds is 9. The van der Waals surface area contributed by atoms with Gasteiger partial charge < -0.3 is 15.3 Å². The Morgan fingerprint density at radius 1 is 0.963 bits per heavy atom. The molecule has 0 amide bonds. The molecule has 1 atom stereocenters. The molecule has 0 aromatic heterocycles. The normalized spacial score (nSPS) is 13.2. The number of phenols is 2. The standard InChI is InChI=1S/C24H32O3/c1-18(2)8-7-14-24(3,27)15-13-22-20(16-21(25)17-23(22)26)12-11-19-9-5-4-6-10-19/h4-6,8-10,16-17,25-27H,7,11-15H2,1-3H3. The molecule has 0 spiro atoms. The van der Waals surface area contributed by atoms with E-state index in [9.17, 15) is 15.3 Å². The Kier molecular flexibility index (Phi) is 7.49. The van der Waals surface area contributed by atoms with Crippen LogP contribution in [0.3, 0.4) is 0 Å². The van der Waals surface area contributed by atoms with Crippen molar-refractivity contribution in [1.82, 2.24) is 0 Å². The summed E-state index contributed by atoms with van der Waals surface area (Å²) < 4.78 is 0. The molecule has 0 bridgehead atoms. The maximum atomic E-state index is 10.7. The lowest BCUT2D eigenvalue weighted by Crippen LogP contribution is -2.24. The van der Waals surface area contributed by atoms with E-state index in [4.69, 9.17) is 0 Å². The van der Waals surface area contributed by atoms with Crippen molar-refractivity contribution in [2.75, 3.05) is 0 Å². The Balaban J connectivity index is 2.07. The monoisotopic (exact) mass is 368 g/mol. The molecule has 0 radical (unpaired) electrons. The lowest BCUT2D eigenvalue weighted by Gasteiger charge is -2.24. The molecule has 0 heterocycles. The molecule has 0 saturated heterocycles. The largest absolute Gasteiger partial charge is 0.508 e. The summed E-state index contributed by atoms with van der Waals surface area (Å²) in [5.74, 6) is 0.188. The number of aliphatic hydroxyl groups is 1. The van der Waals surface area contributed by atoms with Crippen LogP contribution in [-0.2, 0) is 19.3 Å². The molecule has 27 heavy (non-hydrogen) atoms. The Bertz CT molecular complexity index is 757. The highest BCUT2D eigenvalue weighted by molar-refractivity contribution is 5.46. The molecule has 0 aliphatic heterocycles. The molecule has 0 fully saturated rings. The predicted octanol–water partition coefficient (Wildman–Crippen LogP) is 5.31. The molecule has 2 rings (SSSR count). The summed E-state index contributed by atoms with van der Waals surface area (Å²) in [5, 5.41) is 30.9. The third kappa shape index (κ3) is 7.10. The molecular formula is C24H32O3. The van der Waals surface area contributed by atoms with Crippen molar-refractivity contribution >= 4 is 0 Å². The fourth-order valence-corrected chi connectivity index (χ4v) is 3.33. The van der Waals surface area contributed by atoms with Crippen LogP contribution in [0.2, 0.25) is 0 Å². The first kappa shape index (κ1) is 21.0.